The van der Waals surface area contributed by atoms with Gasteiger partial charge in [-0.25, -0.2) is 0 Å². The van der Waals surface area contributed by atoms with Gasteiger partial charge in [-0.05, 0) is 25.0 Å². The summed E-state index contributed by atoms with van der Waals surface area (Å²) in [6, 6.07) is 9.19. The highest BCUT2D eigenvalue weighted by molar-refractivity contribution is 8.23. The first-order chi connectivity index (χ1) is 10.3. The van der Waals surface area contributed by atoms with Gasteiger partial charge in [-0.3, -0.25) is 0 Å². The second kappa shape index (κ2) is 5.36. The zero-order chi connectivity index (χ0) is 14.4. The van der Waals surface area contributed by atoms with Crippen molar-refractivity contribution < 1.29 is 0 Å². The highest BCUT2D eigenvalue weighted by Gasteiger charge is 2.46. The average molecular weight is 319 g/mol. The first-order valence-electron chi connectivity index (χ1n) is 7.83. The smallest absolute Gasteiger partial charge is 0.140 e. The summed E-state index contributed by atoms with van der Waals surface area (Å²) in [5, 5.41) is 4.13. The summed E-state index contributed by atoms with van der Waals surface area (Å²) in [6.07, 6.45) is 6.96. The number of rotatable bonds is 1. The number of fused-ring (bicyclic) bond motifs is 2. The highest BCUT2D eigenvalue weighted by Crippen LogP contribution is 2.45. The van der Waals surface area contributed by atoms with Gasteiger partial charge in [-0.1, -0.05) is 55.4 Å². The van der Waals surface area contributed by atoms with Gasteiger partial charge in [0.25, 0.3) is 0 Å². The number of hydrogen-bond acceptors (Lipinski definition) is 4. The zero-order valence-electron chi connectivity index (χ0n) is 12.3. The van der Waals surface area contributed by atoms with E-state index in [4.69, 9.17) is 12.2 Å². The molecule has 1 saturated carbocycles. The predicted octanol–water partition coefficient (Wildman–Crippen LogP) is 3.87. The number of thiocarbonyl (C=S) groups is 1. The van der Waals surface area contributed by atoms with Gasteiger partial charge in [0.2, 0.25) is 0 Å². The predicted molar refractivity (Wildman–Crippen MR) is 94.9 cm³/mol. The van der Waals surface area contributed by atoms with Crippen molar-refractivity contribution >= 4 is 39.7 Å². The molecule has 112 valence electrons. The molecule has 0 spiro atoms. The van der Waals surface area contributed by atoms with Crippen LogP contribution in [0.3, 0.4) is 0 Å². The molecule has 0 amide bonds. The fraction of sp³-hybridized carbons (Fsp3) is 0.562. The Hall–Kier alpha value is -0.940. The van der Waals surface area contributed by atoms with E-state index in [1.807, 2.05) is 11.8 Å². The van der Waals surface area contributed by atoms with Crippen LogP contribution in [-0.2, 0) is 0 Å². The number of nitrogens with one attached hydrogen (secondary N) is 1. The summed E-state index contributed by atoms with van der Waals surface area (Å²) in [7, 11) is 2.19. The largest absolute Gasteiger partial charge is 0.361 e. The summed E-state index contributed by atoms with van der Waals surface area (Å²) < 4.78 is 1.07. The number of benzene rings is 1. The second-order valence-corrected chi connectivity index (χ2v) is 7.94. The monoisotopic (exact) mass is 319 g/mol. The lowest BCUT2D eigenvalue weighted by Crippen LogP contribution is -2.54. The van der Waals surface area contributed by atoms with E-state index in [1.165, 1.54) is 43.5 Å². The molecular formula is C16H21N3S2. The van der Waals surface area contributed by atoms with Crippen LogP contribution in [0.2, 0.25) is 0 Å². The lowest BCUT2D eigenvalue weighted by atomic mass is 9.94. The van der Waals surface area contributed by atoms with E-state index >= 15 is 0 Å². The number of anilines is 2. The molecule has 3 nitrogen and oxygen atoms in total. The van der Waals surface area contributed by atoms with E-state index in [0.717, 1.165) is 4.32 Å². The molecule has 2 heterocycles. The summed E-state index contributed by atoms with van der Waals surface area (Å²) in [6.45, 7) is 0. The number of nitrogens with zero attached hydrogens (tertiary/aromatic N) is 2. The van der Waals surface area contributed by atoms with Crippen LogP contribution in [0.5, 0.6) is 0 Å². The summed E-state index contributed by atoms with van der Waals surface area (Å²) in [5.74, 6) is 0. The second-order valence-electron chi connectivity index (χ2n) is 6.19. The highest BCUT2D eigenvalue weighted by atomic mass is 32.2. The Kier molecular flexibility index (Phi) is 3.50. The van der Waals surface area contributed by atoms with Crippen molar-refractivity contribution in [2.45, 2.75) is 49.7 Å². The van der Waals surface area contributed by atoms with E-state index in [1.54, 1.807) is 0 Å². The zero-order valence-corrected chi connectivity index (χ0v) is 13.9. The SMILES string of the molecule is CN1c2ccccc2NC2C1SC(=S)N2C1CCCCC1. The molecule has 1 aromatic rings. The summed E-state index contributed by atoms with van der Waals surface area (Å²) in [4.78, 5) is 4.88. The number of para-hydroxylation sites is 2. The van der Waals surface area contributed by atoms with Crippen LogP contribution in [0, 0.1) is 0 Å². The minimum absolute atomic E-state index is 0.311. The molecule has 2 unspecified atom stereocenters. The van der Waals surface area contributed by atoms with Crippen LogP contribution in [0.1, 0.15) is 32.1 Å². The van der Waals surface area contributed by atoms with Crippen molar-refractivity contribution in [3.05, 3.63) is 24.3 Å². The Balaban J connectivity index is 1.66. The molecule has 0 aromatic heterocycles. The molecule has 3 aliphatic rings. The van der Waals surface area contributed by atoms with Gasteiger partial charge in [0, 0.05) is 13.1 Å². The summed E-state index contributed by atoms with van der Waals surface area (Å²) >= 11 is 7.57. The van der Waals surface area contributed by atoms with Gasteiger partial charge in [0.15, 0.2) is 0 Å². The first-order valence-corrected chi connectivity index (χ1v) is 9.12. The van der Waals surface area contributed by atoms with Gasteiger partial charge < -0.3 is 15.1 Å². The van der Waals surface area contributed by atoms with E-state index in [9.17, 15) is 0 Å². The lowest BCUT2D eigenvalue weighted by Gasteiger charge is -2.43. The number of likely N-dealkylation sites (N-methyl/N-ethyl adjacent to an activating group) is 1. The third-order valence-corrected chi connectivity index (χ3v) is 6.67. The van der Waals surface area contributed by atoms with Crippen molar-refractivity contribution in [3.63, 3.8) is 0 Å². The maximum absolute atomic E-state index is 5.72. The minimum atomic E-state index is 0.311. The number of thioether (sulfide) groups is 1. The molecule has 2 atom stereocenters. The van der Waals surface area contributed by atoms with Gasteiger partial charge >= 0.3 is 0 Å². The molecule has 2 fully saturated rings. The molecule has 1 saturated heterocycles. The molecule has 0 radical (unpaired) electrons. The molecule has 1 N–H and O–H groups in total. The molecular weight excluding hydrogens is 298 g/mol. The van der Waals surface area contributed by atoms with Crippen LogP contribution in [0.15, 0.2) is 24.3 Å². The summed E-state index contributed by atoms with van der Waals surface area (Å²) in [5.41, 5.74) is 2.51. The molecule has 0 bridgehead atoms. The topological polar surface area (TPSA) is 18.5 Å². The first kappa shape index (κ1) is 13.7. The van der Waals surface area contributed by atoms with Crippen molar-refractivity contribution in [2.75, 3.05) is 17.3 Å². The fourth-order valence-corrected chi connectivity index (χ4v) is 5.60. The maximum atomic E-state index is 5.72. The third-order valence-electron chi connectivity index (χ3n) is 4.94. The van der Waals surface area contributed by atoms with Crippen molar-refractivity contribution in [1.82, 2.24) is 4.90 Å². The quantitative estimate of drug-likeness (QED) is 0.790. The van der Waals surface area contributed by atoms with Crippen LogP contribution in [-0.4, -0.2) is 33.8 Å². The Morgan fingerprint density at radius 1 is 1.19 bits per heavy atom. The molecule has 5 heteroatoms. The van der Waals surface area contributed by atoms with E-state index < -0.39 is 0 Å². The van der Waals surface area contributed by atoms with Gasteiger partial charge in [0.1, 0.15) is 15.9 Å². The van der Waals surface area contributed by atoms with Crippen LogP contribution >= 0.6 is 24.0 Å². The van der Waals surface area contributed by atoms with Gasteiger partial charge in [-0.2, -0.15) is 0 Å². The van der Waals surface area contributed by atoms with E-state index in [-0.39, 0.29) is 0 Å². The van der Waals surface area contributed by atoms with Crippen molar-refractivity contribution in [3.8, 4) is 0 Å². The lowest BCUT2D eigenvalue weighted by molar-refractivity contribution is 0.212. The minimum Gasteiger partial charge on any atom is -0.361 e. The molecule has 4 rings (SSSR count). The third kappa shape index (κ3) is 2.21. The fourth-order valence-electron chi connectivity index (χ4n) is 3.85. The molecule has 21 heavy (non-hydrogen) atoms. The molecule has 1 aliphatic carbocycles. The van der Waals surface area contributed by atoms with Crippen molar-refractivity contribution in [1.29, 1.82) is 0 Å². The number of hydrogen-bond donors (Lipinski definition) is 1. The Labute approximate surface area is 136 Å². The van der Waals surface area contributed by atoms with Crippen LogP contribution < -0.4 is 10.2 Å². The van der Waals surface area contributed by atoms with Crippen LogP contribution in [0.4, 0.5) is 11.4 Å². The Bertz CT molecular complexity index is 556. The van der Waals surface area contributed by atoms with E-state index in [0.29, 0.717) is 17.6 Å². The standard InChI is InChI=1S/C16H21N3S2/c1-18-13-10-6-5-9-12(13)17-14-15(18)21-16(20)19(14)11-7-3-2-4-8-11/h5-6,9-11,14-15,17H,2-4,7-8H2,1H3. The van der Waals surface area contributed by atoms with E-state index in [2.05, 4.69) is 46.4 Å². The molecule has 1 aromatic carbocycles. The molecule has 2 aliphatic heterocycles. The Morgan fingerprint density at radius 2 is 1.95 bits per heavy atom. The maximum Gasteiger partial charge on any atom is 0.140 e. The van der Waals surface area contributed by atoms with Crippen LogP contribution in [0.25, 0.3) is 0 Å². The van der Waals surface area contributed by atoms with Crippen molar-refractivity contribution in [2.24, 2.45) is 0 Å². The van der Waals surface area contributed by atoms with Gasteiger partial charge in [-0.15, -0.1) is 0 Å². The normalized spacial score (nSPS) is 29.1. The Morgan fingerprint density at radius 3 is 2.76 bits per heavy atom. The average Bonchev–Trinajstić information content (AvgIpc) is 2.85. The van der Waals surface area contributed by atoms with Gasteiger partial charge in [0.05, 0.1) is 11.4 Å².